The minimum atomic E-state index is -0.721. The number of benzene rings is 1. The van der Waals surface area contributed by atoms with Crippen LogP contribution >= 0.6 is 0 Å². The lowest BCUT2D eigenvalue weighted by Gasteiger charge is -2.13. The fraction of sp³-hybridized carbons (Fsp3) is 0.308. The van der Waals surface area contributed by atoms with Crippen molar-refractivity contribution in [3.8, 4) is 0 Å². The van der Waals surface area contributed by atoms with Crippen molar-refractivity contribution in [1.29, 1.82) is 0 Å². The Kier molecular flexibility index (Phi) is 3.43. The van der Waals surface area contributed by atoms with Gasteiger partial charge in [0.1, 0.15) is 11.6 Å². The Balaban J connectivity index is 2.27. The Bertz CT molecular complexity index is 543. The molecule has 0 amide bonds. The zero-order valence-electron chi connectivity index (χ0n) is 10.3. The number of nitrogens with zero attached hydrogens (tertiary/aromatic N) is 2. The molecule has 1 atom stereocenters. The molecule has 0 saturated heterocycles. The maximum absolute atomic E-state index is 13.6. The van der Waals surface area contributed by atoms with Crippen LogP contribution < -0.4 is 5.73 Å². The van der Waals surface area contributed by atoms with Gasteiger partial charge in [0.2, 0.25) is 0 Å². The molecule has 3 nitrogen and oxygen atoms in total. The lowest BCUT2D eigenvalue weighted by Crippen LogP contribution is -2.18. The normalized spacial score (nSPS) is 12.7. The van der Waals surface area contributed by atoms with Gasteiger partial charge in [0.15, 0.2) is 0 Å². The van der Waals surface area contributed by atoms with Crippen LogP contribution in [0.1, 0.15) is 23.0 Å². The maximum Gasteiger partial charge on any atom is 0.130 e. The molecule has 1 heterocycles. The zero-order valence-corrected chi connectivity index (χ0v) is 10.3. The molecular formula is C13H15F2N3. The van der Waals surface area contributed by atoms with Crippen LogP contribution in [-0.2, 0) is 13.5 Å². The highest BCUT2D eigenvalue weighted by molar-refractivity contribution is 5.25. The van der Waals surface area contributed by atoms with Gasteiger partial charge < -0.3 is 5.73 Å². The van der Waals surface area contributed by atoms with Crippen LogP contribution in [0.4, 0.5) is 8.78 Å². The molecule has 0 spiro atoms. The summed E-state index contributed by atoms with van der Waals surface area (Å²) in [5.74, 6) is -1.22. The number of hydrogen-bond donors (Lipinski definition) is 1. The minimum absolute atomic E-state index is 0.0728. The smallest absolute Gasteiger partial charge is 0.130 e. The predicted octanol–water partition coefficient (Wildman–Crippen LogP) is 2.25. The fourth-order valence-electron chi connectivity index (χ4n) is 2.05. The average molecular weight is 251 g/mol. The van der Waals surface area contributed by atoms with Crippen molar-refractivity contribution in [2.24, 2.45) is 12.8 Å². The molecule has 2 N–H and O–H groups in total. The molecule has 96 valence electrons. The van der Waals surface area contributed by atoms with Crippen LogP contribution in [0.2, 0.25) is 0 Å². The van der Waals surface area contributed by atoms with Gasteiger partial charge in [-0.15, -0.1) is 0 Å². The van der Waals surface area contributed by atoms with Crippen molar-refractivity contribution in [2.75, 3.05) is 0 Å². The topological polar surface area (TPSA) is 43.8 Å². The second-order valence-corrected chi connectivity index (χ2v) is 4.35. The van der Waals surface area contributed by atoms with Gasteiger partial charge in [0.25, 0.3) is 0 Å². The standard InChI is InChI=1S/C13H15F2N3/c1-8-6-9(18(2)17-8)7-12(16)13-10(14)4-3-5-11(13)15/h3-6,12H,7,16H2,1-2H3. The average Bonchev–Trinajstić information content (AvgIpc) is 2.57. The van der Waals surface area contributed by atoms with Gasteiger partial charge in [-0.3, -0.25) is 4.68 Å². The van der Waals surface area contributed by atoms with Gasteiger partial charge in [0, 0.05) is 30.8 Å². The molecule has 0 bridgehead atoms. The predicted molar refractivity (Wildman–Crippen MR) is 64.9 cm³/mol. The highest BCUT2D eigenvalue weighted by Gasteiger charge is 2.18. The molecule has 0 fully saturated rings. The number of aromatic nitrogens is 2. The molecule has 1 aromatic heterocycles. The Morgan fingerprint density at radius 1 is 1.33 bits per heavy atom. The monoisotopic (exact) mass is 251 g/mol. The molecule has 0 aliphatic carbocycles. The van der Waals surface area contributed by atoms with Gasteiger partial charge in [-0.25, -0.2) is 8.78 Å². The second kappa shape index (κ2) is 4.86. The van der Waals surface area contributed by atoms with Gasteiger partial charge in [-0.05, 0) is 25.1 Å². The van der Waals surface area contributed by atoms with Crippen molar-refractivity contribution in [1.82, 2.24) is 9.78 Å². The summed E-state index contributed by atoms with van der Waals surface area (Å²) in [4.78, 5) is 0. The van der Waals surface area contributed by atoms with Crippen molar-refractivity contribution in [3.63, 3.8) is 0 Å². The van der Waals surface area contributed by atoms with Crippen LogP contribution in [0.3, 0.4) is 0 Å². The first-order valence-corrected chi connectivity index (χ1v) is 5.68. The van der Waals surface area contributed by atoms with E-state index in [0.717, 1.165) is 11.4 Å². The van der Waals surface area contributed by atoms with Crippen molar-refractivity contribution in [2.45, 2.75) is 19.4 Å². The second-order valence-electron chi connectivity index (χ2n) is 4.35. The van der Waals surface area contributed by atoms with Gasteiger partial charge in [-0.1, -0.05) is 6.07 Å². The van der Waals surface area contributed by atoms with Crippen LogP contribution in [-0.4, -0.2) is 9.78 Å². The Morgan fingerprint density at radius 2 is 1.94 bits per heavy atom. The van der Waals surface area contributed by atoms with Crippen molar-refractivity contribution < 1.29 is 8.78 Å². The summed E-state index contributed by atoms with van der Waals surface area (Å²) in [5.41, 5.74) is 7.52. The largest absolute Gasteiger partial charge is 0.323 e. The Labute approximate surface area is 104 Å². The van der Waals surface area contributed by atoms with Crippen molar-refractivity contribution >= 4 is 0 Å². The summed E-state index contributed by atoms with van der Waals surface area (Å²) >= 11 is 0. The van der Waals surface area contributed by atoms with Gasteiger partial charge in [0.05, 0.1) is 5.69 Å². The number of nitrogens with two attached hydrogens (primary N) is 1. The van der Waals surface area contributed by atoms with E-state index in [1.165, 1.54) is 18.2 Å². The summed E-state index contributed by atoms with van der Waals surface area (Å²) in [6.45, 7) is 1.86. The molecule has 5 heteroatoms. The van der Waals surface area contributed by atoms with Crippen molar-refractivity contribution in [3.05, 3.63) is 52.9 Å². The number of aryl methyl sites for hydroxylation is 2. The first kappa shape index (κ1) is 12.7. The molecule has 0 aliphatic rings. The van der Waals surface area contributed by atoms with E-state index >= 15 is 0 Å². The van der Waals surface area contributed by atoms with E-state index in [2.05, 4.69) is 5.10 Å². The number of halogens is 2. The lowest BCUT2D eigenvalue weighted by molar-refractivity contribution is 0.518. The number of rotatable bonds is 3. The van der Waals surface area contributed by atoms with E-state index in [1.807, 2.05) is 13.0 Å². The quantitative estimate of drug-likeness (QED) is 0.909. The summed E-state index contributed by atoms with van der Waals surface area (Å²) in [7, 11) is 1.78. The van der Waals surface area contributed by atoms with E-state index in [9.17, 15) is 8.78 Å². The lowest BCUT2D eigenvalue weighted by atomic mass is 10.0. The Hall–Kier alpha value is -1.75. The van der Waals surface area contributed by atoms with Crippen LogP contribution in [0.5, 0.6) is 0 Å². The van der Waals surface area contributed by atoms with Gasteiger partial charge >= 0.3 is 0 Å². The molecule has 2 aromatic rings. The first-order valence-electron chi connectivity index (χ1n) is 5.68. The SMILES string of the molecule is Cc1cc(CC(N)c2c(F)cccc2F)n(C)n1. The van der Waals surface area contributed by atoms with E-state index in [0.29, 0.717) is 6.42 Å². The van der Waals surface area contributed by atoms with Gasteiger partial charge in [-0.2, -0.15) is 5.10 Å². The van der Waals surface area contributed by atoms with Crippen LogP contribution in [0.25, 0.3) is 0 Å². The number of hydrogen-bond acceptors (Lipinski definition) is 2. The third kappa shape index (κ3) is 2.41. The molecule has 2 rings (SSSR count). The van der Waals surface area contributed by atoms with E-state index in [4.69, 9.17) is 5.73 Å². The summed E-state index contributed by atoms with van der Waals surface area (Å²) in [6.07, 6.45) is 0.342. The zero-order chi connectivity index (χ0) is 13.3. The molecule has 1 aromatic carbocycles. The summed E-state index contributed by atoms with van der Waals surface area (Å²) < 4.78 is 28.8. The molecule has 0 radical (unpaired) electrons. The van der Waals surface area contributed by atoms with E-state index in [1.54, 1.807) is 11.7 Å². The highest BCUT2D eigenvalue weighted by Crippen LogP contribution is 2.22. The molecular weight excluding hydrogens is 236 g/mol. The summed E-state index contributed by atoms with van der Waals surface area (Å²) in [5, 5.41) is 4.18. The summed E-state index contributed by atoms with van der Waals surface area (Å²) in [6, 6.07) is 4.90. The Morgan fingerprint density at radius 3 is 2.44 bits per heavy atom. The molecule has 0 aliphatic heterocycles. The molecule has 18 heavy (non-hydrogen) atoms. The highest BCUT2D eigenvalue weighted by atomic mass is 19.1. The fourth-order valence-corrected chi connectivity index (χ4v) is 2.05. The maximum atomic E-state index is 13.6. The minimum Gasteiger partial charge on any atom is -0.323 e. The van der Waals surface area contributed by atoms with Crippen LogP contribution in [0.15, 0.2) is 24.3 Å². The third-order valence-electron chi connectivity index (χ3n) is 2.90. The molecule has 0 saturated carbocycles. The third-order valence-corrected chi connectivity index (χ3v) is 2.90. The van der Waals surface area contributed by atoms with E-state index in [-0.39, 0.29) is 5.56 Å². The van der Waals surface area contributed by atoms with E-state index < -0.39 is 17.7 Å². The van der Waals surface area contributed by atoms with Crippen LogP contribution in [0, 0.1) is 18.6 Å². The molecule has 1 unspecified atom stereocenters. The first-order chi connectivity index (χ1) is 8.49.